The highest BCUT2D eigenvalue weighted by atomic mass is 15.2. The number of nitrogens with zero attached hydrogens (tertiary/aromatic N) is 3. The number of aromatic nitrogens is 3. The second kappa shape index (κ2) is 5.68. The number of fused-ring (bicyclic) bond motifs is 1. The van der Waals surface area contributed by atoms with E-state index in [2.05, 4.69) is 90.8 Å². The molecule has 120 valence electrons. The first-order valence-electron chi connectivity index (χ1n) is 8.37. The summed E-state index contributed by atoms with van der Waals surface area (Å²) in [5.41, 5.74) is 7.32. The Labute approximate surface area is 142 Å². The zero-order valence-corrected chi connectivity index (χ0v) is 14.3. The highest BCUT2D eigenvalue weighted by Gasteiger charge is 2.08. The molecule has 0 spiro atoms. The average Bonchev–Trinajstić information content (AvgIpc) is 3.18. The van der Waals surface area contributed by atoms with E-state index in [4.69, 9.17) is 4.98 Å². The van der Waals surface area contributed by atoms with Gasteiger partial charge in [0, 0.05) is 30.7 Å². The molecular formula is C21H21N3. The summed E-state index contributed by atoms with van der Waals surface area (Å²) in [5, 5.41) is 0. The predicted octanol–water partition coefficient (Wildman–Crippen LogP) is 5.11. The first-order chi connectivity index (χ1) is 11.7. The second-order valence-electron chi connectivity index (χ2n) is 6.29. The number of rotatable bonds is 3. The van der Waals surface area contributed by atoms with Crippen LogP contribution in [0.25, 0.3) is 28.2 Å². The van der Waals surface area contributed by atoms with Gasteiger partial charge in [0.2, 0.25) is 5.78 Å². The van der Waals surface area contributed by atoms with Crippen molar-refractivity contribution in [3.05, 3.63) is 72.2 Å². The van der Waals surface area contributed by atoms with E-state index in [-0.39, 0.29) is 0 Å². The Morgan fingerprint density at radius 3 is 2.25 bits per heavy atom. The normalized spacial score (nSPS) is 11.3. The molecule has 0 unspecified atom stereocenters. The number of hydrogen-bond donors (Lipinski definition) is 0. The number of imidazole rings is 2. The molecule has 3 heteroatoms. The molecule has 4 rings (SSSR count). The Balaban J connectivity index is 1.69. The van der Waals surface area contributed by atoms with Crippen molar-refractivity contribution in [1.82, 2.24) is 14.0 Å². The number of aryl methyl sites for hydroxylation is 3. The Bertz CT molecular complexity index is 1000. The van der Waals surface area contributed by atoms with Gasteiger partial charge in [-0.15, -0.1) is 0 Å². The fourth-order valence-corrected chi connectivity index (χ4v) is 3.07. The molecule has 0 saturated carbocycles. The van der Waals surface area contributed by atoms with E-state index < -0.39 is 0 Å². The molecule has 0 aliphatic rings. The largest absolute Gasteiger partial charge is 0.317 e. The van der Waals surface area contributed by atoms with E-state index in [1.807, 2.05) is 0 Å². The SMILES string of the molecule is CCn1ccn2cc(-c3ccc(-c4ccc(C)c(C)c4)cc3)nc12. The van der Waals surface area contributed by atoms with Crippen molar-refractivity contribution < 1.29 is 0 Å². The Morgan fingerprint density at radius 2 is 1.54 bits per heavy atom. The topological polar surface area (TPSA) is 22.2 Å². The zero-order chi connectivity index (χ0) is 16.7. The van der Waals surface area contributed by atoms with Crippen molar-refractivity contribution >= 4 is 5.78 Å². The first kappa shape index (κ1) is 14.8. The Kier molecular flexibility index (Phi) is 3.49. The molecule has 2 heterocycles. The zero-order valence-electron chi connectivity index (χ0n) is 14.3. The molecule has 4 aromatic rings. The Hall–Kier alpha value is -2.81. The van der Waals surface area contributed by atoms with Crippen molar-refractivity contribution in [1.29, 1.82) is 0 Å². The van der Waals surface area contributed by atoms with Crippen LogP contribution in [0.15, 0.2) is 61.1 Å². The van der Waals surface area contributed by atoms with Crippen molar-refractivity contribution in [2.24, 2.45) is 0 Å². The van der Waals surface area contributed by atoms with E-state index in [0.29, 0.717) is 0 Å². The van der Waals surface area contributed by atoms with Crippen LogP contribution in [0, 0.1) is 13.8 Å². The predicted molar refractivity (Wildman–Crippen MR) is 99.2 cm³/mol. The monoisotopic (exact) mass is 315 g/mol. The van der Waals surface area contributed by atoms with Crippen molar-refractivity contribution in [3.8, 4) is 22.4 Å². The summed E-state index contributed by atoms with van der Waals surface area (Å²) in [4.78, 5) is 4.77. The van der Waals surface area contributed by atoms with E-state index in [0.717, 1.165) is 23.6 Å². The van der Waals surface area contributed by atoms with Crippen LogP contribution < -0.4 is 0 Å². The minimum absolute atomic E-state index is 0.929. The highest BCUT2D eigenvalue weighted by molar-refractivity contribution is 5.70. The van der Waals surface area contributed by atoms with Gasteiger partial charge in [-0.1, -0.05) is 42.5 Å². The van der Waals surface area contributed by atoms with Crippen molar-refractivity contribution in [2.45, 2.75) is 27.3 Å². The van der Waals surface area contributed by atoms with Crippen LogP contribution in [0.1, 0.15) is 18.1 Å². The van der Waals surface area contributed by atoms with Crippen LogP contribution in [0.5, 0.6) is 0 Å². The summed E-state index contributed by atoms with van der Waals surface area (Å²) in [6.07, 6.45) is 6.21. The fourth-order valence-electron chi connectivity index (χ4n) is 3.07. The molecule has 2 aromatic heterocycles. The van der Waals surface area contributed by atoms with Gasteiger partial charge in [0.1, 0.15) is 0 Å². The molecule has 0 aliphatic heterocycles. The van der Waals surface area contributed by atoms with Gasteiger partial charge in [0.05, 0.1) is 5.69 Å². The average molecular weight is 315 g/mol. The summed E-state index contributed by atoms with van der Waals surface area (Å²) in [6, 6.07) is 15.3. The third kappa shape index (κ3) is 2.42. The molecule has 3 nitrogen and oxygen atoms in total. The molecule has 2 aromatic carbocycles. The summed E-state index contributed by atoms with van der Waals surface area (Å²) in [6.45, 7) is 7.37. The third-order valence-corrected chi connectivity index (χ3v) is 4.74. The number of hydrogen-bond acceptors (Lipinski definition) is 1. The molecule has 0 atom stereocenters. The lowest BCUT2D eigenvalue weighted by molar-refractivity contribution is 0.782. The molecular weight excluding hydrogens is 294 g/mol. The summed E-state index contributed by atoms with van der Waals surface area (Å²) >= 11 is 0. The quantitative estimate of drug-likeness (QED) is 0.515. The summed E-state index contributed by atoms with van der Waals surface area (Å²) in [5.74, 6) is 0.991. The molecule has 0 aliphatic carbocycles. The Morgan fingerprint density at radius 1 is 0.833 bits per heavy atom. The van der Waals surface area contributed by atoms with Gasteiger partial charge in [0.25, 0.3) is 0 Å². The van der Waals surface area contributed by atoms with E-state index in [1.165, 1.54) is 22.3 Å². The van der Waals surface area contributed by atoms with Crippen LogP contribution in [0.3, 0.4) is 0 Å². The first-order valence-corrected chi connectivity index (χ1v) is 8.37. The summed E-state index contributed by atoms with van der Waals surface area (Å²) in [7, 11) is 0. The van der Waals surface area contributed by atoms with Gasteiger partial charge in [-0.25, -0.2) is 4.98 Å². The van der Waals surface area contributed by atoms with Crippen LogP contribution in [0.4, 0.5) is 0 Å². The summed E-state index contributed by atoms with van der Waals surface area (Å²) < 4.78 is 4.23. The van der Waals surface area contributed by atoms with E-state index in [9.17, 15) is 0 Å². The molecule has 0 fully saturated rings. The molecule has 24 heavy (non-hydrogen) atoms. The van der Waals surface area contributed by atoms with Gasteiger partial charge < -0.3 is 4.57 Å². The number of benzene rings is 2. The third-order valence-electron chi connectivity index (χ3n) is 4.74. The van der Waals surface area contributed by atoms with Crippen LogP contribution >= 0.6 is 0 Å². The van der Waals surface area contributed by atoms with E-state index >= 15 is 0 Å². The minimum Gasteiger partial charge on any atom is -0.317 e. The molecule has 0 saturated heterocycles. The molecule has 0 bridgehead atoms. The van der Waals surface area contributed by atoms with Crippen LogP contribution in [0.2, 0.25) is 0 Å². The maximum atomic E-state index is 4.77. The van der Waals surface area contributed by atoms with Crippen LogP contribution in [-0.2, 0) is 6.54 Å². The van der Waals surface area contributed by atoms with Crippen molar-refractivity contribution in [2.75, 3.05) is 0 Å². The minimum atomic E-state index is 0.929. The lowest BCUT2D eigenvalue weighted by Gasteiger charge is -2.06. The van der Waals surface area contributed by atoms with Gasteiger partial charge in [-0.05, 0) is 43.0 Å². The van der Waals surface area contributed by atoms with Gasteiger partial charge in [0.15, 0.2) is 0 Å². The maximum Gasteiger partial charge on any atom is 0.214 e. The van der Waals surface area contributed by atoms with Crippen LogP contribution in [-0.4, -0.2) is 14.0 Å². The van der Waals surface area contributed by atoms with E-state index in [1.54, 1.807) is 0 Å². The smallest absolute Gasteiger partial charge is 0.214 e. The lowest BCUT2D eigenvalue weighted by Crippen LogP contribution is -1.92. The highest BCUT2D eigenvalue weighted by Crippen LogP contribution is 2.26. The lowest BCUT2D eigenvalue weighted by atomic mass is 9.99. The second-order valence-corrected chi connectivity index (χ2v) is 6.29. The van der Waals surface area contributed by atoms with Gasteiger partial charge in [-0.2, -0.15) is 0 Å². The fraction of sp³-hybridized carbons (Fsp3) is 0.190. The van der Waals surface area contributed by atoms with Crippen molar-refractivity contribution in [3.63, 3.8) is 0 Å². The van der Waals surface area contributed by atoms with Gasteiger partial charge >= 0.3 is 0 Å². The molecule has 0 N–H and O–H groups in total. The van der Waals surface area contributed by atoms with Gasteiger partial charge in [-0.3, -0.25) is 4.40 Å². The maximum absolute atomic E-state index is 4.77. The molecule has 0 amide bonds. The standard InChI is InChI=1S/C21H21N3/c1-4-23-11-12-24-14-20(22-21(23)24)18-9-7-17(8-10-18)19-6-5-15(2)16(3)13-19/h5-14H,4H2,1-3H3. The molecule has 0 radical (unpaired) electrons.